The summed E-state index contributed by atoms with van der Waals surface area (Å²) in [6.07, 6.45) is 4.38. The highest BCUT2D eigenvalue weighted by molar-refractivity contribution is 5.92. The van der Waals surface area contributed by atoms with Crippen LogP contribution in [0.3, 0.4) is 0 Å². The van der Waals surface area contributed by atoms with Gasteiger partial charge in [-0.25, -0.2) is 0 Å². The first-order valence-corrected chi connectivity index (χ1v) is 7.73. The smallest absolute Gasteiger partial charge is 0.305 e. The number of nitrogens with zero attached hydrogens (tertiary/aromatic N) is 1. The van der Waals surface area contributed by atoms with Gasteiger partial charge in [0.05, 0.1) is 7.11 Å². The summed E-state index contributed by atoms with van der Waals surface area (Å²) in [5.41, 5.74) is 9.24. The maximum atomic E-state index is 10.9. The molecule has 0 fully saturated rings. The number of aliphatic imine (C=N–C) groups is 1. The van der Waals surface area contributed by atoms with Crippen molar-refractivity contribution >= 4 is 17.6 Å². The molecule has 0 saturated carbocycles. The lowest BCUT2D eigenvalue weighted by Crippen LogP contribution is -2.23. The summed E-state index contributed by atoms with van der Waals surface area (Å²) in [4.78, 5) is 15.3. The van der Waals surface area contributed by atoms with Crippen molar-refractivity contribution in [1.82, 2.24) is 0 Å². The fourth-order valence-corrected chi connectivity index (χ4v) is 2.27. The maximum absolute atomic E-state index is 10.9. The average Bonchev–Trinajstić information content (AvgIpc) is 2.44. The van der Waals surface area contributed by atoms with Crippen LogP contribution >= 0.6 is 0 Å². The summed E-state index contributed by atoms with van der Waals surface area (Å²) in [6.45, 7) is 4.81. The normalized spacial score (nSPS) is 11.3. The number of hydrogen-bond donors (Lipinski definition) is 2. The number of benzene rings is 1. The number of nitrogens with two attached hydrogens (primary N) is 1. The summed E-state index contributed by atoms with van der Waals surface area (Å²) >= 11 is 0. The zero-order chi connectivity index (χ0) is 16.4. The van der Waals surface area contributed by atoms with Gasteiger partial charge in [0, 0.05) is 18.7 Å². The van der Waals surface area contributed by atoms with Crippen molar-refractivity contribution in [3.8, 4) is 0 Å². The predicted molar refractivity (Wildman–Crippen MR) is 91.1 cm³/mol. The van der Waals surface area contributed by atoms with Crippen molar-refractivity contribution in [2.75, 3.05) is 19.0 Å². The van der Waals surface area contributed by atoms with Crippen LogP contribution in [-0.2, 0) is 9.53 Å². The van der Waals surface area contributed by atoms with Crippen LogP contribution in [0, 0.1) is 13.8 Å². The number of nitrogens with one attached hydrogen (secondary N) is 1. The van der Waals surface area contributed by atoms with Gasteiger partial charge in [-0.1, -0.05) is 18.9 Å². The molecule has 3 N–H and O–H groups in total. The molecule has 5 nitrogen and oxygen atoms in total. The Hall–Kier alpha value is -2.04. The number of unbranched alkanes of at least 4 members (excludes halogenated alkanes) is 3. The van der Waals surface area contributed by atoms with Crippen LogP contribution in [0.5, 0.6) is 0 Å². The van der Waals surface area contributed by atoms with Crippen molar-refractivity contribution in [1.29, 1.82) is 0 Å². The van der Waals surface area contributed by atoms with Gasteiger partial charge in [0.15, 0.2) is 5.96 Å². The highest BCUT2D eigenvalue weighted by atomic mass is 16.5. The number of methoxy groups -OCH3 is 1. The van der Waals surface area contributed by atoms with E-state index in [4.69, 9.17) is 5.73 Å². The van der Waals surface area contributed by atoms with Crippen LogP contribution in [0.25, 0.3) is 0 Å². The Morgan fingerprint density at radius 1 is 1.14 bits per heavy atom. The minimum absolute atomic E-state index is 0.139. The lowest BCUT2D eigenvalue weighted by molar-refractivity contribution is -0.140. The standard InChI is InChI=1S/C17H27N3O2/c1-13-10-14(2)12-15(11-13)20-17(18)19-9-7-5-4-6-8-16(21)22-3/h10-12H,4-9H2,1-3H3,(H3,18,19,20). The van der Waals surface area contributed by atoms with Gasteiger partial charge < -0.3 is 15.8 Å². The third-order valence-corrected chi connectivity index (χ3v) is 3.29. The Morgan fingerprint density at radius 3 is 2.41 bits per heavy atom. The van der Waals surface area contributed by atoms with E-state index in [0.29, 0.717) is 18.9 Å². The van der Waals surface area contributed by atoms with E-state index < -0.39 is 0 Å². The zero-order valence-corrected chi connectivity index (χ0v) is 13.8. The molecule has 0 aliphatic carbocycles. The zero-order valence-electron chi connectivity index (χ0n) is 13.8. The molecule has 0 spiro atoms. The van der Waals surface area contributed by atoms with Gasteiger partial charge in [-0.05, 0) is 49.9 Å². The summed E-state index contributed by atoms with van der Waals surface area (Å²) in [5, 5.41) is 3.11. The topological polar surface area (TPSA) is 76.7 Å². The van der Waals surface area contributed by atoms with E-state index in [0.717, 1.165) is 31.4 Å². The first-order chi connectivity index (χ1) is 10.5. The largest absolute Gasteiger partial charge is 0.469 e. The van der Waals surface area contributed by atoms with Crippen molar-refractivity contribution in [3.05, 3.63) is 29.3 Å². The van der Waals surface area contributed by atoms with Gasteiger partial charge in [-0.15, -0.1) is 0 Å². The summed E-state index contributed by atoms with van der Waals surface area (Å²) in [6, 6.07) is 6.21. The number of carbonyl (C=O) groups excluding carboxylic acids is 1. The van der Waals surface area contributed by atoms with Gasteiger partial charge >= 0.3 is 5.97 Å². The van der Waals surface area contributed by atoms with E-state index in [-0.39, 0.29) is 5.97 Å². The van der Waals surface area contributed by atoms with E-state index >= 15 is 0 Å². The van der Waals surface area contributed by atoms with E-state index in [1.54, 1.807) is 0 Å². The first-order valence-electron chi connectivity index (χ1n) is 7.73. The second-order valence-electron chi connectivity index (χ2n) is 5.51. The molecular formula is C17H27N3O2. The molecule has 0 aliphatic rings. The molecule has 0 amide bonds. The lowest BCUT2D eigenvalue weighted by Gasteiger charge is -2.08. The SMILES string of the molecule is COC(=O)CCCCCCN=C(N)Nc1cc(C)cc(C)c1. The van der Waals surface area contributed by atoms with Crippen LogP contribution in [0.4, 0.5) is 5.69 Å². The Bertz CT molecular complexity index is 492. The molecular weight excluding hydrogens is 278 g/mol. The number of esters is 1. The van der Waals surface area contributed by atoms with Crippen LogP contribution in [0.15, 0.2) is 23.2 Å². The minimum Gasteiger partial charge on any atom is -0.469 e. The maximum Gasteiger partial charge on any atom is 0.305 e. The molecule has 1 aromatic rings. The fraction of sp³-hybridized carbons (Fsp3) is 0.529. The molecule has 1 aromatic carbocycles. The number of carbonyl (C=O) groups is 1. The van der Waals surface area contributed by atoms with Gasteiger partial charge in [0.1, 0.15) is 0 Å². The summed E-state index contributed by atoms with van der Waals surface area (Å²) < 4.78 is 4.60. The Kier molecular flexibility index (Phi) is 8.04. The molecule has 0 saturated heterocycles. The molecule has 5 heteroatoms. The first kappa shape index (κ1) is 18.0. The number of guanidine groups is 1. The molecule has 122 valence electrons. The molecule has 1 rings (SSSR count). The molecule has 0 radical (unpaired) electrons. The van der Waals surface area contributed by atoms with Gasteiger partial charge in [-0.3, -0.25) is 9.79 Å². The van der Waals surface area contributed by atoms with E-state index in [1.165, 1.54) is 18.2 Å². The molecule has 22 heavy (non-hydrogen) atoms. The molecule has 0 bridgehead atoms. The average molecular weight is 305 g/mol. The van der Waals surface area contributed by atoms with Crippen molar-refractivity contribution in [2.45, 2.75) is 46.0 Å². The second-order valence-corrected chi connectivity index (χ2v) is 5.51. The quantitative estimate of drug-likeness (QED) is 0.335. The Morgan fingerprint density at radius 2 is 1.77 bits per heavy atom. The molecule has 0 aliphatic heterocycles. The fourth-order valence-electron chi connectivity index (χ4n) is 2.27. The Labute approximate surface area is 133 Å². The van der Waals surface area contributed by atoms with Gasteiger partial charge in [0.25, 0.3) is 0 Å². The van der Waals surface area contributed by atoms with Crippen LogP contribution in [0.2, 0.25) is 0 Å². The third kappa shape index (κ3) is 7.67. The van der Waals surface area contributed by atoms with Crippen molar-refractivity contribution in [3.63, 3.8) is 0 Å². The number of ether oxygens (including phenoxy) is 1. The van der Waals surface area contributed by atoms with Crippen LogP contribution in [0.1, 0.15) is 43.2 Å². The summed E-state index contributed by atoms with van der Waals surface area (Å²) in [5.74, 6) is 0.305. The van der Waals surface area contributed by atoms with E-state index in [1.807, 2.05) is 12.1 Å². The second kappa shape index (κ2) is 9.82. The summed E-state index contributed by atoms with van der Waals surface area (Å²) in [7, 11) is 1.42. The minimum atomic E-state index is -0.139. The molecule has 0 heterocycles. The number of anilines is 1. The number of hydrogen-bond acceptors (Lipinski definition) is 3. The Balaban J connectivity index is 2.21. The van der Waals surface area contributed by atoms with Crippen molar-refractivity contribution < 1.29 is 9.53 Å². The predicted octanol–water partition coefficient (Wildman–Crippen LogP) is 3.15. The number of rotatable bonds is 8. The monoisotopic (exact) mass is 305 g/mol. The third-order valence-electron chi connectivity index (χ3n) is 3.29. The molecule has 0 unspecified atom stereocenters. The van der Waals surface area contributed by atoms with E-state index in [2.05, 4.69) is 35.0 Å². The highest BCUT2D eigenvalue weighted by Crippen LogP contribution is 2.13. The van der Waals surface area contributed by atoms with Gasteiger partial charge in [-0.2, -0.15) is 0 Å². The highest BCUT2D eigenvalue weighted by Gasteiger charge is 2.00. The van der Waals surface area contributed by atoms with Crippen LogP contribution < -0.4 is 11.1 Å². The molecule has 0 aromatic heterocycles. The van der Waals surface area contributed by atoms with Gasteiger partial charge in [0.2, 0.25) is 0 Å². The molecule has 0 atom stereocenters. The van der Waals surface area contributed by atoms with E-state index in [9.17, 15) is 4.79 Å². The van der Waals surface area contributed by atoms with Crippen LogP contribution in [-0.4, -0.2) is 25.6 Å². The number of aryl methyl sites for hydroxylation is 2. The van der Waals surface area contributed by atoms with Crippen molar-refractivity contribution in [2.24, 2.45) is 10.7 Å². The lowest BCUT2D eigenvalue weighted by atomic mass is 10.1.